The minimum Gasteiger partial charge on any atom is -0.398 e. The summed E-state index contributed by atoms with van der Waals surface area (Å²) in [4.78, 5) is 14.1. The lowest BCUT2D eigenvalue weighted by molar-refractivity contribution is -0.120. The van der Waals surface area contributed by atoms with Gasteiger partial charge < -0.3 is 16.0 Å². The van der Waals surface area contributed by atoms with Crippen LogP contribution in [0.15, 0.2) is 24.3 Å². The minimum atomic E-state index is 0.0578. The van der Waals surface area contributed by atoms with Crippen molar-refractivity contribution < 1.29 is 4.79 Å². The van der Waals surface area contributed by atoms with Crippen LogP contribution in [0.1, 0.15) is 12.0 Å². The maximum atomic E-state index is 11.8. The zero-order chi connectivity index (χ0) is 13.0. The van der Waals surface area contributed by atoms with E-state index in [1.807, 2.05) is 24.3 Å². The van der Waals surface area contributed by atoms with Gasteiger partial charge in [0.25, 0.3) is 0 Å². The van der Waals surface area contributed by atoms with Crippen molar-refractivity contribution in [3.05, 3.63) is 29.8 Å². The first-order chi connectivity index (χ1) is 8.65. The van der Waals surface area contributed by atoms with Gasteiger partial charge in [-0.2, -0.15) is 0 Å². The van der Waals surface area contributed by atoms with E-state index in [2.05, 4.69) is 17.3 Å². The Morgan fingerprint density at radius 2 is 2.28 bits per heavy atom. The number of hydrogen-bond acceptors (Lipinski definition) is 3. The lowest BCUT2D eigenvalue weighted by Gasteiger charge is -2.12. The van der Waals surface area contributed by atoms with E-state index in [0.29, 0.717) is 18.0 Å². The summed E-state index contributed by atoms with van der Waals surface area (Å²) in [7, 11) is 2.12. The number of nitrogen functional groups attached to an aromatic ring is 1. The van der Waals surface area contributed by atoms with E-state index in [9.17, 15) is 4.79 Å². The molecule has 1 aromatic carbocycles. The molecular formula is C14H21N3O. The molecule has 18 heavy (non-hydrogen) atoms. The molecular weight excluding hydrogens is 226 g/mol. The molecule has 1 aliphatic heterocycles. The van der Waals surface area contributed by atoms with Crippen LogP contribution in [0.25, 0.3) is 0 Å². The normalized spacial score (nSPS) is 19.9. The highest BCUT2D eigenvalue weighted by Gasteiger charge is 2.19. The maximum Gasteiger partial charge on any atom is 0.224 e. The predicted octanol–water partition coefficient (Wildman–Crippen LogP) is 0.879. The molecule has 0 spiro atoms. The van der Waals surface area contributed by atoms with Gasteiger partial charge in [-0.15, -0.1) is 0 Å². The predicted molar refractivity (Wildman–Crippen MR) is 73.2 cm³/mol. The summed E-state index contributed by atoms with van der Waals surface area (Å²) in [6.45, 7) is 2.98. The zero-order valence-corrected chi connectivity index (χ0v) is 10.9. The van der Waals surface area contributed by atoms with Crippen molar-refractivity contribution in [1.82, 2.24) is 10.2 Å². The van der Waals surface area contributed by atoms with Crippen molar-refractivity contribution in [3.8, 4) is 0 Å². The summed E-state index contributed by atoms with van der Waals surface area (Å²) in [5.41, 5.74) is 7.41. The fraction of sp³-hybridized carbons (Fsp3) is 0.500. The lowest BCUT2D eigenvalue weighted by atomic mass is 10.1. The molecule has 1 amide bonds. The van der Waals surface area contributed by atoms with Gasteiger partial charge in [0.05, 0.1) is 6.42 Å². The molecule has 0 aliphatic carbocycles. The Bertz CT molecular complexity index is 419. The number of nitrogens with zero attached hydrogens (tertiary/aromatic N) is 1. The summed E-state index contributed by atoms with van der Waals surface area (Å²) in [5, 5.41) is 3.00. The topological polar surface area (TPSA) is 58.4 Å². The molecule has 1 aliphatic rings. The Morgan fingerprint density at radius 1 is 1.50 bits per heavy atom. The Balaban J connectivity index is 1.77. The highest BCUT2D eigenvalue weighted by atomic mass is 16.1. The Morgan fingerprint density at radius 3 is 2.94 bits per heavy atom. The van der Waals surface area contributed by atoms with Gasteiger partial charge in [-0.3, -0.25) is 4.79 Å². The summed E-state index contributed by atoms with van der Waals surface area (Å²) >= 11 is 0. The van der Waals surface area contributed by atoms with Gasteiger partial charge in [-0.1, -0.05) is 18.2 Å². The molecule has 4 heteroatoms. The highest BCUT2D eigenvalue weighted by Crippen LogP contribution is 2.14. The number of hydrogen-bond donors (Lipinski definition) is 2. The second kappa shape index (κ2) is 5.87. The van der Waals surface area contributed by atoms with Crippen molar-refractivity contribution in [1.29, 1.82) is 0 Å². The van der Waals surface area contributed by atoms with Crippen LogP contribution in [0.2, 0.25) is 0 Å². The molecule has 0 saturated carbocycles. The van der Waals surface area contributed by atoms with Crippen molar-refractivity contribution in [2.75, 3.05) is 32.4 Å². The monoisotopic (exact) mass is 247 g/mol. The molecule has 0 bridgehead atoms. The Labute approximate surface area is 108 Å². The molecule has 1 fully saturated rings. The molecule has 3 N–H and O–H groups in total. The lowest BCUT2D eigenvalue weighted by Crippen LogP contribution is -2.31. The zero-order valence-electron chi connectivity index (χ0n) is 10.9. The van der Waals surface area contributed by atoms with Crippen LogP contribution >= 0.6 is 0 Å². The summed E-state index contributed by atoms with van der Waals surface area (Å²) in [5.74, 6) is 0.648. The first-order valence-electron chi connectivity index (χ1n) is 6.44. The average molecular weight is 247 g/mol. The van der Waals surface area contributed by atoms with E-state index >= 15 is 0 Å². The molecule has 1 unspecified atom stereocenters. The van der Waals surface area contributed by atoms with E-state index in [4.69, 9.17) is 5.73 Å². The number of rotatable bonds is 4. The van der Waals surface area contributed by atoms with Crippen LogP contribution < -0.4 is 11.1 Å². The number of para-hydroxylation sites is 1. The van der Waals surface area contributed by atoms with Gasteiger partial charge in [0.15, 0.2) is 0 Å². The Kier molecular flexibility index (Phi) is 4.20. The van der Waals surface area contributed by atoms with Gasteiger partial charge in [-0.05, 0) is 37.6 Å². The van der Waals surface area contributed by atoms with Crippen LogP contribution in [0.3, 0.4) is 0 Å². The van der Waals surface area contributed by atoms with Crippen molar-refractivity contribution in [2.45, 2.75) is 12.8 Å². The Hall–Kier alpha value is -1.55. The van der Waals surface area contributed by atoms with Gasteiger partial charge in [0.2, 0.25) is 5.91 Å². The number of carbonyl (C=O) groups excluding carboxylic acids is 1. The second-order valence-corrected chi connectivity index (χ2v) is 5.10. The third kappa shape index (κ3) is 3.47. The van der Waals surface area contributed by atoms with Crippen molar-refractivity contribution in [3.63, 3.8) is 0 Å². The van der Waals surface area contributed by atoms with Crippen LogP contribution in [-0.2, 0) is 11.2 Å². The summed E-state index contributed by atoms with van der Waals surface area (Å²) in [6.07, 6.45) is 1.54. The van der Waals surface area contributed by atoms with E-state index in [1.54, 1.807) is 0 Å². The molecule has 0 radical (unpaired) electrons. The first kappa shape index (κ1) is 12.9. The standard InChI is InChI=1S/C14H21N3O/c1-17-7-6-11(10-17)9-16-14(18)8-12-4-2-3-5-13(12)15/h2-5,11H,6-10,15H2,1H3,(H,16,18). The van der Waals surface area contributed by atoms with E-state index in [1.165, 1.54) is 6.42 Å². The van der Waals surface area contributed by atoms with Gasteiger partial charge in [0, 0.05) is 18.8 Å². The van der Waals surface area contributed by atoms with E-state index in [-0.39, 0.29) is 5.91 Å². The van der Waals surface area contributed by atoms with Gasteiger partial charge >= 0.3 is 0 Å². The maximum absolute atomic E-state index is 11.8. The summed E-state index contributed by atoms with van der Waals surface area (Å²) in [6, 6.07) is 7.52. The van der Waals surface area contributed by atoms with Gasteiger partial charge in [0.1, 0.15) is 0 Å². The SMILES string of the molecule is CN1CCC(CNC(=O)Cc2ccccc2N)C1. The number of benzene rings is 1. The number of likely N-dealkylation sites (tertiary alicyclic amines) is 1. The number of nitrogens with two attached hydrogens (primary N) is 1. The molecule has 0 aromatic heterocycles. The van der Waals surface area contributed by atoms with Crippen LogP contribution in [0.5, 0.6) is 0 Å². The largest absolute Gasteiger partial charge is 0.398 e. The quantitative estimate of drug-likeness (QED) is 0.777. The second-order valence-electron chi connectivity index (χ2n) is 5.10. The van der Waals surface area contributed by atoms with Crippen LogP contribution in [-0.4, -0.2) is 37.5 Å². The molecule has 2 rings (SSSR count). The molecule has 1 heterocycles. The number of anilines is 1. The van der Waals surface area contributed by atoms with Crippen LogP contribution in [0, 0.1) is 5.92 Å². The fourth-order valence-corrected chi connectivity index (χ4v) is 2.38. The summed E-state index contributed by atoms with van der Waals surface area (Å²) < 4.78 is 0. The highest BCUT2D eigenvalue weighted by molar-refractivity contribution is 5.80. The number of amides is 1. The fourth-order valence-electron chi connectivity index (χ4n) is 2.38. The molecule has 98 valence electrons. The van der Waals surface area contributed by atoms with E-state index in [0.717, 1.165) is 25.2 Å². The smallest absolute Gasteiger partial charge is 0.224 e. The molecule has 1 saturated heterocycles. The third-order valence-corrected chi connectivity index (χ3v) is 3.48. The average Bonchev–Trinajstić information content (AvgIpc) is 2.76. The number of nitrogens with one attached hydrogen (secondary N) is 1. The van der Waals surface area contributed by atoms with Crippen molar-refractivity contribution >= 4 is 11.6 Å². The first-order valence-corrected chi connectivity index (χ1v) is 6.44. The molecule has 1 aromatic rings. The van der Waals surface area contributed by atoms with Crippen molar-refractivity contribution in [2.24, 2.45) is 5.92 Å². The molecule has 4 nitrogen and oxygen atoms in total. The minimum absolute atomic E-state index is 0.0578. The molecule has 1 atom stereocenters. The van der Waals surface area contributed by atoms with Gasteiger partial charge in [-0.25, -0.2) is 0 Å². The third-order valence-electron chi connectivity index (χ3n) is 3.48. The number of carbonyl (C=O) groups is 1. The van der Waals surface area contributed by atoms with E-state index < -0.39 is 0 Å². The van der Waals surface area contributed by atoms with Crippen LogP contribution in [0.4, 0.5) is 5.69 Å².